The van der Waals surface area contributed by atoms with Gasteiger partial charge in [0.2, 0.25) is 0 Å². The van der Waals surface area contributed by atoms with Gasteiger partial charge >= 0.3 is 12.1 Å². The van der Waals surface area contributed by atoms with Crippen molar-refractivity contribution in [2.24, 2.45) is 5.73 Å². The molecule has 0 aliphatic carbocycles. The number of amides is 2. The number of rotatable bonds is 10. The van der Waals surface area contributed by atoms with Crippen LogP contribution in [-0.2, 0) is 9.59 Å². The molecule has 1 unspecified atom stereocenters. The van der Waals surface area contributed by atoms with Crippen molar-refractivity contribution in [1.82, 2.24) is 10.9 Å². The Hall–Kier alpha value is -5.34. The summed E-state index contributed by atoms with van der Waals surface area (Å²) < 4.78 is 58.5. The van der Waals surface area contributed by atoms with Gasteiger partial charge in [-0.3, -0.25) is 25.8 Å². The highest BCUT2D eigenvalue weighted by molar-refractivity contribution is 5.97. The first-order valence-corrected chi connectivity index (χ1v) is 12.9. The second-order valence-electron chi connectivity index (χ2n) is 9.10. The Balaban J connectivity index is 0.000000860. The molecule has 3 aromatic carbocycles. The third-order valence-electron chi connectivity index (χ3n) is 5.38. The highest BCUT2D eigenvalue weighted by atomic mass is 19.4. The van der Waals surface area contributed by atoms with Gasteiger partial charge in [0, 0.05) is 28.4 Å². The number of hydrogen-bond donors (Lipinski definition) is 6. The monoisotopic (exact) mass is 621 g/mol. The zero-order chi connectivity index (χ0) is 33.0. The molecular weight excluding hydrogens is 590 g/mol. The van der Waals surface area contributed by atoms with E-state index in [1.165, 1.54) is 12.1 Å². The van der Waals surface area contributed by atoms with Crippen molar-refractivity contribution < 1.29 is 46.5 Å². The summed E-state index contributed by atoms with van der Waals surface area (Å²) in [6.45, 7) is 5.68. The zero-order valence-electron chi connectivity index (χ0n) is 23.8. The molecule has 44 heavy (non-hydrogen) atoms. The third kappa shape index (κ3) is 10.5. The summed E-state index contributed by atoms with van der Waals surface area (Å²) in [6, 6.07) is 16.0. The van der Waals surface area contributed by atoms with Gasteiger partial charge in [-0.05, 0) is 63.2 Å². The van der Waals surface area contributed by atoms with Crippen molar-refractivity contribution in [3.8, 4) is 11.5 Å². The standard InChI is InChI=1S/C27H30FN5O4.C2HF3O2/c1-4-36-22-14-20(21(28)15-23(22)37-16(2)3)24(31-19-12-10-17(11-13-19)25(29)30)27(35)33-32-26(34)18-8-6-5-7-9-18;3-2(4,5)1(6)7/h5-16,24,31H,4H2,1-3H3,(H3,29,30)(H,32,34)(H,33,35);(H,6,7). The molecule has 0 aliphatic heterocycles. The van der Waals surface area contributed by atoms with Crippen molar-refractivity contribution in [3.63, 3.8) is 0 Å². The molecule has 15 heteroatoms. The molecule has 236 valence electrons. The van der Waals surface area contributed by atoms with Crippen molar-refractivity contribution in [2.45, 2.75) is 39.1 Å². The maximum Gasteiger partial charge on any atom is 0.490 e. The van der Waals surface area contributed by atoms with Crippen LogP contribution in [0.2, 0.25) is 0 Å². The molecule has 7 N–H and O–H groups in total. The van der Waals surface area contributed by atoms with Crippen molar-refractivity contribution in [3.05, 3.63) is 89.2 Å². The number of carboxylic acid groups (broad SMARTS) is 1. The molecular formula is C29H31F4N5O6. The molecule has 1 atom stereocenters. The molecule has 0 aromatic heterocycles. The molecule has 11 nitrogen and oxygen atoms in total. The molecule has 3 aromatic rings. The molecule has 0 bridgehead atoms. The summed E-state index contributed by atoms with van der Waals surface area (Å²) in [7, 11) is 0. The van der Waals surface area contributed by atoms with Crippen LogP contribution in [0.4, 0.5) is 23.2 Å². The number of benzene rings is 3. The first-order valence-electron chi connectivity index (χ1n) is 12.9. The first-order chi connectivity index (χ1) is 20.6. The normalized spacial score (nSPS) is 11.4. The molecule has 0 spiro atoms. The Bertz CT molecular complexity index is 1450. The molecule has 0 fully saturated rings. The van der Waals surface area contributed by atoms with Gasteiger partial charge in [-0.2, -0.15) is 13.2 Å². The van der Waals surface area contributed by atoms with Crippen LogP contribution >= 0.6 is 0 Å². The molecule has 0 aliphatic rings. The number of nitrogen functional groups attached to an aromatic ring is 1. The van der Waals surface area contributed by atoms with Crippen LogP contribution in [0.3, 0.4) is 0 Å². The van der Waals surface area contributed by atoms with Crippen LogP contribution in [-0.4, -0.2) is 47.6 Å². The number of aliphatic carboxylic acids is 1. The van der Waals surface area contributed by atoms with Gasteiger partial charge in [-0.15, -0.1) is 0 Å². The van der Waals surface area contributed by atoms with Crippen LogP contribution in [0.1, 0.15) is 48.3 Å². The number of nitrogens with two attached hydrogens (primary N) is 1. The third-order valence-corrected chi connectivity index (χ3v) is 5.38. The van der Waals surface area contributed by atoms with Crippen LogP contribution in [0.25, 0.3) is 0 Å². The predicted octanol–water partition coefficient (Wildman–Crippen LogP) is 4.54. The Labute approximate surface area is 249 Å². The van der Waals surface area contributed by atoms with Gasteiger partial charge in [-0.1, -0.05) is 18.2 Å². The van der Waals surface area contributed by atoms with Crippen molar-refractivity contribution in [2.75, 3.05) is 11.9 Å². The quantitative estimate of drug-likeness (QED) is 0.0827. The van der Waals surface area contributed by atoms with Gasteiger partial charge in [0.05, 0.1) is 12.7 Å². The number of hydrazine groups is 1. The number of anilines is 1. The van der Waals surface area contributed by atoms with Gasteiger partial charge in [-0.25, -0.2) is 9.18 Å². The number of carbonyl (C=O) groups is 3. The number of carboxylic acids is 1. The summed E-state index contributed by atoms with van der Waals surface area (Å²) in [6.07, 6.45) is -5.31. The van der Waals surface area contributed by atoms with E-state index in [1.807, 2.05) is 0 Å². The van der Waals surface area contributed by atoms with E-state index < -0.39 is 35.8 Å². The van der Waals surface area contributed by atoms with E-state index in [0.29, 0.717) is 23.4 Å². The van der Waals surface area contributed by atoms with Crippen LogP contribution in [0.15, 0.2) is 66.7 Å². The van der Waals surface area contributed by atoms with Crippen LogP contribution in [0, 0.1) is 11.2 Å². The van der Waals surface area contributed by atoms with E-state index in [4.69, 9.17) is 30.5 Å². The second kappa shape index (κ2) is 15.8. The van der Waals surface area contributed by atoms with Gasteiger partial charge in [0.15, 0.2) is 11.5 Å². The number of alkyl halides is 3. The number of nitrogens with one attached hydrogen (secondary N) is 4. The Kier molecular flexibility index (Phi) is 12.5. The molecule has 0 saturated heterocycles. The lowest BCUT2D eigenvalue weighted by Crippen LogP contribution is -2.45. The highest BCUT2D eigenvalue weighted by Gasteiger charge is 2.38. The molecule has 0 heterocycles. The summed E-state index contributed by atoms with van der Waals surface area (Å²) in [5.41, 5.74) is 11.5. The van der Waals surface area contributed by atoms with Crippen molar-refractivity contribution in [1.29, 1.82) is 5.41 Å². The topological polar surface area (TPSA) is 176 Å². The first kappa shape index (κ1) is 34.9. The van der Waals surface area contributed by atoms with E-state index >= 15 is 4.39 Å². The van der Waals surface area contributed by atoms with Crippen LogP contribution in [0.5, 0.6) is 11.5 Å². The Morgan fingerprint density at radius 3 is 2.05 bits per heavy atom. The van der Waals surface area contributed by atoms with E-state index in [2.05, 4.69) is 16.2 Å². The minimum atomic E-state index is -5.08. The summed E-state index contributed by atoms with van der Waals surface area (Å²) in [5, 5.41) is 17.7. The summed E-state index contributed by atoms with van der Waals surface area (Å²) in [4.78, 5) is 34.6. The lowest BCUT2D eigenvalue weighted by atomic mass is 10.0. The smallest absolute Gasteiger partial charge is 0.490 e. The number of ether oxygens (including phenoxy) is 2. The number of carbonyl (C=O) groups excluding carboxylic acids is 2. The minimum absolute atomic E-state index is 0.0262. The summed E-state index contributed by atoms with van der Waals surface area (Å²) >= 11 is 0. The molecule has 0 saturated carbocycles. The molecule has 0 radical (unpaired) electrons. The van der Waals surface area contributed by atoms with E-state index in [0.717, 1.165) is 0 Å². The number of halogens is 4. The van der Waals surface area contributed by atoms with Gasteiger partial charge in [0.25, 0.3) is 11.8 Å². The highest BCUT2D eigenvalue weighted by Crippen LogP contribution is 2.35. The largest absolute Gasteiger partial charge is 0.490 e. The Morgan fingerprint density at radius 2 is 1.55 bits per heavy atom. The van der Waals surface area contributed by atoms with Gasteiger partial charge in [0.1, 0.15) is 17.7 Å². The zero-order valence-corrected chi connectivity index (χ0v) is 23.8. The van der Waals surface area contributed by atoms with E-state index in [9.17, 15) is 22.8 Å². The fraction of sp³-hybridized carbons (Fsp3) is 0.241. The van der Waals surface area contributed by atoms with Crippen LogP contribution < -0.4 is 31.4 Å². The fourth-order valence-electron chi connectivity index (χ4n) is 3.44. The molecule has 2 amide bonds. The maximum absolute atomic E-state index is 15.4. The fourth-order valence-corrected chi connectivity index (χ4v) is 3.44. The minimum Gasteiger partial charge on any atom is -0.490 e. The lowest BCUT2D eigenvalue weighted by Gasteiger charge is -2.23. The van der Waals surface area contributed by atoms with Gasteiger partial charge < -0.3 is 25.6 Å². The predicted molar refractivity (Wildman–Crippen MR) is 153 cm³/mol. The summed E-state index contributed by atoms with van der Waals surface area (Å²) in [5.74, 6) is -4.35. The van der Waals surface area contributed by atoms with Crippen molar-refractivity contribution >= 4 is 29.3 Å². The second-order valence-corrected chi connectivity index (χ2v) is 9.10. The van der Waals surface area contributed by atoms with E-state index in [-0.39, 0.29) is 29.0 Å². The SMILES string of the molecule is CCOc1cc(C(Nc2ccc(C(=N)N)cc2)C(=O)NNC(=O)c2ccccc2)c(F)cc1OC(C)C.O=C(O)C(F)(F)F. The lowest BCUT2D eigenvalue weighted by molar-refractivity contribution is -0.192. The van der Waals surface area contributed by atoms with E-state index in [1.54, 1.807) is 75.4 Å². The number of amidine groups is 1. The Morgan fingerprint density at radius 1 is 0.955 bits per heavy atom. The maximum atomic E-state index is 15.4. The number of hydrogen-bond acceptors (Lipinski definition) is 7. The average Bonchev–Trinajstić information content (AvgIpc) is 2.96. The average molecular weight is 622 g/mol. The molecule has 3 rings (SSSR count).